The van der Waals surface area contributed by atoms with E-state index in [-0.39, 0.29) is 6.04 Å². The van der Waals surface area contributed by atoms with Gasteiger partial charge in [0, 0.05) is 16.6 Å². The normalized spacial score (nSPS) is 13.2. The highest BCUT2D eigenvalue weighted by molar-refractivity contribution is 9.10. The van der Waals surface area contributed by atoms with E-state index in [1.807, 2.05) is 42.5 Å². The molecule has 0 fully saturated rings. The Hall–Kier alpha value is -2.62. The topological polar surface area (TPSA) is 32.3 Å². The zero-order valence-corrected chi connectivity index (χ0v) is 17.9. The maximum absolute atomic E-state index is 11.0. The monoisotopic (exact) mass is 445 g/mol. The number of hydrogen-bond acceptors (Lipinski definition) is 2. The van der Waals surface area contributed by atoms with E-state index in [2.05, 4.69) is 76.7 Å². The smallest absolute Gasteiger partial charge is 0.0813 e. The molecule has 0 spiro atoms. The van der Waals surface area contributed by atoms with Gasteiger partial charge in [0.2, 0.25) is 0 Å². The molecule has 4 aromatic carbocycles. The molecular formula is C26H24BrNO. The summed E-state index contributed by atoms with van der Waals surface area (Å²) in [5.74, 6) is 0. The molecule has 0 aliphatic heterocycles. The fourth-order valence-electron chi connectivity index (χ4n) is 3.60. The summed E-state index contributed by atoms with van der Waals surface area (Å²) in [5.41, 5.74) is 4.37. The molecule has 2 nitrogen and oxygen atoms in total. The van der Waals surface area contributed by atoms with Crippen molar-refractivity contribution >= 4 is 32.4 Å². The van der Waals surface area contributed by atoms with E-state index >= 15 is 0 Å². The number of anilines is 1. The maximum Gasteiger partial charge on any atom is 0.0813 e. The van der Waals surface area contributed by atoms with Gasteiger partial charge in [0.05, 0.1) is 12.1 Å². The Kier molecular flexibility index (Phi) is 5.98. The van der Waals surface area contributed by atoms with Crippen molar-refractivity contribution in [1.82, 2.24) is 0 Å². The molecule has 3 heteroatoms. The van der Waals surface area contributed by atoms with Crippen LogP contribution in [-0.2, 0) is 0 Å². The summed E-state index contributed by atoms with van der Waals surface area (Å²) in [7, 11) is 0. The van der Waals surface area contributed by atoms with E-state index in [0.717, 1.165) is 21.1 Å². The van der Waals surface area contributed by atoms with Gasteiger partial charge < -0.3 is 10.4 Å². The summed E-state index contributed by atoms with van der Waals surface area (Å²) in [5, 5.41) is 17.0. The summed E-state index contributed by atoms with van der Waals surface area (Å²) in [4.78, 5) is 0. The fraction of sp³-hybridized carbons (Fsp3) is 0.154. The molecule has 2 atom stereocenters. The lowest BCUT2D eigenvalue weighted by molar-refractivity contribution is 0.161. The van der Waals surface area contributed by atoms with Gasteiger partial charge in [-0.15, -0.1) is 0 Å². The third kappa shape index (κ3) is 4.87. The minimum absolute atomic E-state index is 0.00162. The Morgan fingerprint density at radius 1 is 0.793 bits per heavy atom. The van der Waals surface area contributed by atoms with Crippen LogP contribution in [0.2, 0.25) is 0 Å². The van der Waals surface area contributed by atoms with E-state index in [1.54, 1.807) is 0 Å². The Morgan fingerprint density at radius 3 is 2.17 bits per heavy atom. The van der Waals surface area contributed by atoms with Crippen LogP contribution in [0.3, 0.4) is 0 Å². The number of fused-ring (bicyclic) bond motifs is 1. The SMILES string of the molecule is Cc1ccc(C(CC(O)c2ccc3ccccc3c2)Nc2ccc(Br)cc2)cc1. The molecule has 0 heterocycles. The van der Waals surface area contributed by atoms with Crippen LogP contribution in [0.4, 0.5) is 5.69 Å². The van der Waals surface area contributed by atoms with E-state index in [9.17, 15) is 5.11 Å². The largest absolute Gasteiger partial charge is 0.388 e. The minimum Gasteiger partial charge on any atom is -0.388 e. The fourth-order valence-corrected chi connectivity index (χ4v) is 3.86. The molecule has 2 N–H and O–H groups in total. The van der Waals surface area contributed by atoms with Crippen molar-refractivity contribution in [1.29, 1.82) is 0 Å². The predicted molar refractivity (Wildman–Crippen MR) is 125 cm³/mol. The van der Waals surface area contributed by atoms with Gasteiger partial charge in [0.1, 0.15) is 0 Å². The molecule has 0 aliphatic carbocycles. The van der Waals surface area contributed by atoms with Gasteiger partial charge in [-0.05, 0) is 59.2 Å². The summed E-state index contributed by atoms with van der Waals surface area (Å²) in [6.07, 6.45) is 0.0196. The van der Waals surface area contributed by atoms with Crippen LogP contribution < -0.4 is 5.32 Å². The highest BCUT2D eigenvalue weighted by Gasteiger charge is 2.18. The molecule has 0 amide bonds. The third-order valence-corrected chi connectivity index (χ3v) is 5.81. The summed E-state index contributed by atoms with van der Waals surface area (Å²) in [6, 6.07) is 31.1. The molecular weight excluding hydrogens is 422 g/mol. The number of halogens is 1. The van der Waals surface area contributed by atoms with Gasteiger partial charge in [0.15, 0.2) is 0 Å². The number of nitrogens with one attached hydrogen (secondary N) is 1. The van der Waals surface area contributed by atoms with Crippen LogP contribution in [0.1, 0.15) is 35.3 Å². The molecule has 0 aliphatic rings. The second-order valence-corrected chi connectivity index (χ2v) is 8.39. The van der Waals surface area contributed by atoms with Crippen molar-refractivity contribution in [2.24, 2.45) is 0 Å². The average molecular weight is 446 g/mol. The molecule has 0 bridgehead atoms. The van der Waals surface area contributed by atoms with E-state index < -0.39 is 6.10 Å². The summed E-state index contributed by atoms with van der Waals surface area (Å²) >= 11 is 3.49. The number of benzene rings is 4. The van der Waals surface area contributed by atoms with Crippen molar-refractivity contribution in [3.05, 3.63) is 112 Å². The predicted octanol–water partition coefficient (Wildman–Crippen LogP) is 7.19. The highest BCUT2D eigenvalue weighted by atomic mass is 79.9. The molecule has 0 saturated heterocycles. The van der Waals surface area contributed by atoms with Crippen molar-refractivity contribution in [3.63, 3.8) is 0 Å². The van der Waals surface area contributed by atoms with Crippen LogP contribution in [0.5, 0.6) is 0 Å². The van der Waals surface area contributed by atoms with Crippen LogP contribution in [0.15, 0.2) is 95.5 Å². The van der Waals surface area contributed by atoms with E-state index in [0.29, 0.717) is 6.42 Å². The highest BCUT2D eigenvalue weighted by Crippen LogP contribution is 2.31. The van der Waals surface area contributed by atoms with Gasteiger partial charge in [0.25, 0.3) is 0 Å². The first-order chi connectivity index (χ1) is 14.1. The number of aliphatic hydroxyl groups is 1. The van der Waals surface area contributed by atoms with Gasteiger partial charge in [-0.3, -0.25) is 0 Å². The molecule has 146 valence electrons. The Labute approximate surface area is 180 Å². The molecule has 2 unspecified atom stereocenters. The van der Waals surface area contributed by atoms with Crippen molar-refractivity contribution < 1.29 is 5.11 Å². The lowest BCUT2D eigenvalue weighted by Crippen LogP contribution is -2.15. The molecule has 0 aromatic heterocycles. The van der Waals surface area contributed by atoms with Crippen LogP contribution in [0, 0.1) is 6.92 Å². The van der Waals surface area contributed by atoms with Crippen LogP contribution >= 0.6 is 15.9 Å². The molecule has 29 heavy (non-hydrogen) atoms. The summed E-state index contributed by atoms with van der Waals surface area (Å²) < 4.78 is 1.05. The maximum atomic E-state index is 11.0. The van der Waals surface area contributed by atoms with E-state index in [1.165, 1.54) is 16.5 Å². The van der Waals surface area contributed by atoms with Crippen LogP contribution in [-0.4, -0.2) is 5.11 Å². The first-order valence-electron chi connectivity index (χ1n) is 9.84. The first-order valence-corrected chi connectivity index (χ1v) is 10.6. The zero-order valence-electron chi connectivity index (χ0n) is 16.3. The molecule has 4 rings (SSSR count). The average Bonchev–Trinajstić information content (AvgIpc) is 2.75. The van der Waals surface area contributed by atoms with Crippen molar-refractivity contribution in [3.8, 4) is 0 Å². The van der Waals surface area contributed by atoms with Gasteiger partial charge in [-0.25, -0.2) is 0 Å². The quantitative estimate of drug-likeness (QED) is 0.329. The molecule has 0 radical (unpaired) electrons. The number of rotatable bonds is 6. The third-order valence-electron chi connectivity index (χ3n) is 5.28. The number of aryl methyl sites for hydroxylation is 1. The Balaban J connectivity index is 1.60. The second kappa shape index (κ2) is 8.81. The van der Waals surface area contributed by atoms with Crippen LogP contribution in [0.25, 0.3) is 10.8 Å². The standard InChI is InChI=1S/C26H24BrNO/c1-18-6-8-20(9-7-18)25(28-24-14-12-23(27)13-15-24)17-26(29)22-11-10-19-4-2-3-5-21(19)16-22/h2-16,25-26,28-29H,17H2,1H3. The first kappa shape index (κ1) is 19.7. The van der Waals surface area contributed by atoms with Gasteiger partial charge in [-0.1, -0.05) is 82.2 Å². The van der Waals surface area contributed by atoms with Gasteiger partial charge in [-0.2, -0.15) is 0 Å². The summed E-state index contributed by atoms with van der Waals surface area (Å²) in [6.45, 7) is 2.09. The Morgan fingerprint density at radius 2 is 1.45 bits per heavy atom. The van der Waals surface area contributed by atoms with Crippen molar-refractivity contribution in [2.45, 2.75) is 25.5 Å². The number of hydrogen-bond donors (Lipinski definition) is 2. The number of aliphatic hydroxyl groups excluding tert-OH is 1. The zero-order chi connectivity index (χ0) is 20.2. The van der Waals surface area contributed by atoms with Crippen molar-refractivity contribution in [2.75, 3.05) is 5.32 Å². The lowest BCUT2D eigenvalue weighted by Gasteiger charge is -2.24. The molecule has 4 aromatic rings. The second-order valence-electron chi connectivity index (χ2n) is 7.47. The van der Waals surface area contributed by atoms with E-state index in [4.69, 9.17) is 0 Å². The lowest BCUT2D eigenvalue weighted by atomic mass is 9.94. The Bertz CT molecular complexity index is 1090. The van der Waals surface area contributed by atoms with Gasteiger partial charge >= 0.3 is 0 Å². The minimum atomic E-state index is -0.561. The molecule has 0 saturated carbocycles.